The van der Waals surface area contributed by atoms with Gasteiger partial charge in [-0.1, -0.05) is 5.21 Å². The summed E-state index contributed by atoms with van der Waals surface area (Å²) in [6, 6.07) is 0. The third-order valence-corrected chi connectivity index (χ3v) is 3.16. The van der Waals surface area contributed by atoms with E-state index < -0.39 is 5.97 Å². The van der Waals surface area contributed by atoms with Crippen LogP contribution in [-0.2, 0) is 24.4 Å². The molecule has 0 spiro atoms. The number of nitrogens with one attached hydrogen (secondary N) is 1. The zero-order valence-corrected chi connectivity index (χ0v) is 11.1. The maximum atomic E-state index is 11.7. The Hall–Kier alpha value is -2.33. The van der Waals surface area contributed by atoms with Gasteiger partial charge in [0.25, 0.3) is 0 Å². The average Bonchev–Trinajstić information content (AvgIpc) is 3.05. The first kappa shape index (κ1) is 14.1. The first-order chi connectivity index (χ1) is 9.58. The van der Waals surface area contributed by atoms with E-state index in [2.05, 4.69) is 20.6 Å². The fraction of sp³-hybridized carbons (Fsp3) is 0.300. The lowest BCUT2D eigenvalue weighted by molar-refractivity contribution is -0.122. The van der Waals surface area contributed by atoms with Gasteiger partial charge in [-0.25, -0.2) is 14.5 Å². The number of hydrogen-bond acceptors (Lipinski definition) is 7. The van der Waals surface area contributed by atoms with Crippen molar-refractivity contribution < 1.29 is 14.7 Å². The molecule has 0 aliphatic heterocycles. The van der Waals surface area contributed by atoms with Crippen molar-refractivity contribution in [3.63, 3.8) is 0 Å². The van der Waals surface area contributed by atoms with Gasteiger partial charge in [0.1, 0.15) is 11.6 Å². The average molecular weight is 296 g/mol. The molecule has 0 atom stereocenters. The molecule has 10 heteroatoms. The van der Waals surface area contributed by atoms with Crippen LogP contribution in [0.5, 0.6) is 0 Å². The van der Waals surface area contributed by atoms with Crippen LogP contribution in [0.2, 0.25) is 0 Å². The molecule has 0 radical (unpaired) electrons. The second-order valence-corrected chi connectivity index (χ2v) is 4.76. The molecule has 2 heterocycles. The predicted octanol–water partition coefficient (Wildman–Crippen LogP) is -0.792. The van der Waals surface area contributed by atoms with Gasteiger partial charge >= 0.3 is 5.97 Å². The lowest BCUT2D eigenvalue weighted by Crippen LogP contribution is -2.27. The zero-order chi connectivity index (χ0) is 14.5. The third-order valence-electron chi connectivity index (χ3n) is 2.31. The molecule has 1 amide bonds. The Kier molecular flexibility index (Phi) is 4.38. The topological polar surface area (TPSA) is 136 Å². The standard InChI is InChI=1S/C10H12N6O3S/c11-1-6-3-16(15-14-6)4-8(17)12-2-9-13-7(5-20-9)10(18)19/h3,5H,1-2,4,11H2,(H,12,17)(H,18,19). The van der Waals surface area contributed by atoms with Crippen molar-refractivity contribution >= 4 is 23.2 Å². The molecule has 0 saturated carbocycles. The van der Waals surface area contributed by atoms with E-state index in [0.717, 1.165) is 0 Å². The van der Waals surface area contributed by atoms with Crippen molar-refractivity contribution in [2.24, 2.45) is 5.73 Å². The summed E-state index contributed by atoms with van der Waals surface area (Å²) in [6.45, 7) is 0.456. The van der Waals surface area contributed by atoms with Crippen LogP contribution in [0.3, 0.4) is 0 Å². The number of aromatic nitrogens is 4. The van der Waals surface area contributed by atoms with Crippen LogP contribution in [-0.4, -0.2) is 37.0 Å². The minimum absolute atomic E-state index is 0.0180. The predicted molar refractivity (Wildman–Crippen MR) is 68.8 cm³/mol. The molecule has 2 rings (SSSR count). The maximum absolute atomic E-state index is 11.7. The van der Waals surface area contributed by atoms with Crippen molar-refractivity contribution in [3.8, 4) is 0 Å². The van der Waals surface area contributed by atoms with E-state index in [1.807, 2.05) is 0 Å². The van der Waals surface area contributed by atoms with Crippen LogP contribution in [0, 0.1) is 0 Å². The van der Waals surface area contributed by atoms with Gasteiger partial charge in [-0.3, -0.25) is 4.79 Å². The zero-order valence-electron chi connectivity index (χ0n) is 10.3. The molecular weight excluding hydrogens is 284 g/mol. The third kappa shape index (κ3) is 3.59. The number of carbonyl (C=O) groups excluding carboxylic acids is 1. The number of nitrogens with two attached hydrogens (primary N) is 1. The minimum atomic E-state index is -1.09. The largest absolute Gasteiger partial charge is 0.476 e. The summed E-state index contributed by atoms with van der Waals surface area (Å²) in [7, 11) is 0. The quantitative estimate of drug-likeness (QED) is 0.635. The highest BCUT2D eigenvalue weighted by molar-refractivity contribution is 7.09. The van der Waals surface area contributed by atoms with Crippen molar-refractivity contribution in [2.75, 3.05) is 0 Å². The van der Waals surface area contributed by atoms with E-state index in [1.54, 1.807) is 6.20 Å². The molecule has 0 aliphatic carbocycles. The van der Waals surface area contributed by atoms with Crippen LogP contribution >= 0.6 is 11.3 Å². The Morgan fingerprint density at radius 3 is 2.90 bits per heavy atom. The Balaban J connectivity index is 1.83. The van der Waals surface area contributed by atoms with E-state index in [9.17, 15) is 9.59 Å². The lowest BCUT2D eigenvalue weighted by Gasteiger charge is -2.02. The number of aromatic carboxylic acids is 1. The van der Waals surface area contributed by atoms with Gasteiger partial charge in [0, 0.05) is 11.9 Å². The van der Waals surface area contributed by atoms with Crippen LogP contribution in [0.25, 0.3) is 0 Å². The van der Waals surface area contributed by atoms with Gasteiger partial charge < -0.3 is 16.2 Å². The summed E-state index contributed by atoms with van der Waals surface area (Å²) >= 11 is 1.18. The molecule has 0 fully saturated rings. The highest BCUT2D eigenvalue weighted by Gasteiger charge is 2.10. The normalized spacial score (nSPS) is 10.4. The first-order valence-electron chi connectivity index (χ1n) is 5.62. The van der Waals surface area contributed by atoms with Gasteiger partial charge in [-0.05, 0) is 0 Å². The van der Waals surface area contributed by atoms with Gasteiger partial charge in [-0.15, -0.1) is 16.4 Å². The van der Waals surface area contributed by atoms with Crippen molar-refractivity contribution in [1.29, 1.82) is 0 Å². The van der Waals surface area contributed by atoms with Gasteiger partial charge in [0.15, 0.2) is 5.69 Å². The Bertz CT molecular complexity index is 622. The van der Waals surface area contributed by atoms with Crippen molar-refractivity contribution in [2.45, 2.75) is 19.6 Å². The fourth-order valence-electron chi connectivity index (χ4n) is 1.38. The van der Waals surface area contributed by atoms with Gasteiger partial charge in [0.2, 0.25) is 5.91 Å². The number of hydrogen-bond donors (Lipinski definition) is 3. The molecule has 0 bridgehead atoms. The maximum Gasteiger partial charge on any atom is 0.355 e. The van der Waals surface area contributed by atoms with E-state index in [-0.39, 0.29) is 31.2 Å². The summed E-state index contributed by atoms with van der Waals surface area (Å²) in [5.74, 6) is -1.36. The summed E-state index contributed by atoms with van der Waals surface area (Å²) in [5, 5.41) is 20.8. The SMILES string of the molecule is NCc1cn(CC(=O)NCc2nc(C(=O)O)cs2)nn1. The number of amides is 1. The smallest absolute Gasteiger partial charge is 0.355 e. The van der Waals surface area contributed by atoms with Crippen LogP contribution in [0.4, 0.5) is 0 Å². The summed E-state index contributed by atoms with van der Waals surface area (Å²) in [6.07, 6.45) is 1.59. The van der Waals surface area contributed by atoms with Crippen molar-refractivity contribution in [1.82, 2.24) is 25.3 Å². The van der Waals surface area contributed by atoms with Crippen LogP contribution < -0.4 is 11.1 Å². The number of rotatable bonds is 6. The number of nitrogens with zero attached hydrogens (tertiary/aromatic N) is 4. The van der Waals surface area contributed by atoms with E-state index in [1.165, 1.54) is 21.4 Å². The molecule has 106 valence electrons. The number of carboxylic acid groups (broad SMARTS) is 1. The molecule has 2 aromatic rings. The Labute approximate surface area is 117 Å². The second-order valence-electron chi connectivity index (χ2n) is 3.82. The monoisotopic (exact) mass is 296 g/mol. The number of thiazole rings is 1. The number of carboxylic acids is 1. The van der Waals surface area contributed by atoms with E-state index in [4.69, 9.17) is 10.8 Å². The highest BCUT2D eigenvalue weighted by atomic mass is 32.1. The minimum Gasteiger partial charge on any atom is -0.476 e. The Morgan fingerprint density at radius 2 is 2.30 bits per heavy atom. The molecule has 4 N–H and O–H groups in total. The molecule has 0 aromatic carbocycles. The number of carbonyl (C=O) groups is 2. The summed E-state index contributed by atoms with van der Waals surface area (Å²) < 4.78 is 1.38. The van der Waals surface area contributed by atoms with E-state index >= 15 is 0 Å². The Morgan fingerprint density at radius 1 is 1.50 bits per heavy atom. The molecule has 9 nitrogen and oxygen atoms in total. The first-order valence-corrected chi connectivity index (χ1v) is 6.50. The molecule has 2 aromatic heterocycles. The molecular formula is C10H12N6O3S. The summed E-state index contributed by atoms with van der Waals surface area (Å²) in [4.78, 5) is 26.2. The van der Waals surface area contributed by atoms with Crippen LogP contribution in [0.1, 0.15) is 21.2 Å². The van der Waals surface area contributed by atoms with Gasteiger partial charge in [-0.2, -0.15) is 0 Å². The summed E-state index contributed by atoms with van der Waals surface area (Å²) in [5.41, 5.74) is 5.96. The molecule has 0 saturated heterocycles. The molecule has 0 unspecified atom stereocenters. The van der Waals surface area contributed by atoms with Gasteiger partial charge in [0.05, 0.1) is 18.4 Å². The fourth-order valence-corrected chi connectivity index (χ4v) is 2.08. The lowest BCUT2D eigenvalue weighted by atomic mass is 10.5. The van der Waals surface area contributed by atoms with Crippen molar-refractivity contribution in [3.05, 3.63) is 28.0 Å². The molecule has 20 heavy (non-hydrogen) atoms. The second kappa shape index (κ2) is 6.21. The highest BCUT2D eigenvalue weighted by Crippen LogP contribution is 2.09. The van der Waals surface area contributed by atoms with Crippen LogP contribution in [0.15, 0.2) is 11.6 Å². The molecule has 0 aliphatic rings. The van der Waals surface area contributed by atoms with E-state index in [0.29, 0.717) is 10.7 Å².